The number of aromatic amines is 1. The molecule has 2 aromatic rings. The van der Waals surface area contributed by atoms with Gasteiger partial charge in [0, 0.05) is 6.42 Å². The van der Waals surface area contributed by atoms with E-state index in [-0.39, 0.29) is 11.9 Å². The average Bonchev–Trinajstić information content (AvgIpc) is 3.09. The third-order valence-corrected chi connectivity index (χ3v) is 4.17. The lowest BCUT2D eigenvalue weighted by Gasteiger charge is -2.25. The highest BCUT2D eigenvalue weighted by atomic mass is 16.5. The summed E-state index contributed by atoms with van der Waals surface area (Å²) in [6.45, 7) is 0.371. The number of carbonyl (C=O) groups excluding carboxylic acids is 2. The number of benzene rings is 1. The van der Waals surface area contributed by atoms with Crippen molar-refractivity contribution in [3.63, 3.8) is 0 Å². The first kappa shape index (κ1) is 12.9. The maximum Gasteiger partial charge on any atom is 0.332 e. The molecule has 0 aliphatic carbocycles. The zero-order valence-corrected chi connectivity index (χ0v) is 11.9. The zero-order valence-electron chi connectivity index (χ0n) is 11.9. The highest BCUT2D eigenvalue weighted by Crippen LogP contribution is 2.35. The molecule has 3 heterocycles. The minimum absolute atomic E-state index is 0.233. The van der Waals surface area contributed by atoms with E-state index in [9.17, 15) is 9.59 Å². The molecule has 112 valence electrons. The Bertz CT molecular complexity index is 731. The second-order valence-corrected chi connectivity index (χ2v) is 5.30. The van der Waals surface area contributed by atoms with Crippen LogP contribution >= 0.6 is 0 Å². The van der Waals surface area contributed by atoms with Crippen LogP contribution in [0, 0.1) is 0 Å². The number of aromatic nitrogens is 2. The fourth-order valence-electron chi connectivity index (χ4n) is 3.07. The lowest BCUT2D eigenvalue weighted by molar-refractivity contribution is -0.120. The number of amides is 3. The van der Waals surface area contributed by atoms with Crippen LogP contribution in [0.5, 0.6) is 5.75 Å². The van der Waals surface area contributed by atoms with Crippen molar-refractivity contribution < 1.29 is 14.3 Å². The molecule has 1 unspecified atom stereocenters. The van der Waals surface area contributed by atoms with E-state index in [1.807, 2.05) is 0 Å². The molecule has 0 bridgehead atoms. The first-order chi connectivity index (χ1) is 10.7. The highest BCUT2D eigenvalue weighted by Gasteiger charge is 2.49. The standard InChI is InChI=1S/C15H14N4O3/c1-22-13-5-3-2-4-11(13)19-14(20)12-6-9-10(17-8-16-9)7-18(12)15(19)21/h2-5,8,12H,6-7H2,1H3,(H,16,17). The van der Waals surface area contributed by atoms with E-state index in [0.717, 1.165) is 11.4 Å². The van der Waals surface area contributed by atoms with Gasteiger partial charge in [0.1, 0.15) is 11.8 Å². The first-order valence-corrected chi connectivity index (χ1v) is 6.99. The number of urea groups is 1. The fraction of sp³-hybridized carbons (Fsp3) is 0.267. The molecular formula is C15H14N4O3. The van der Waals surface area contributed by atoms with Crippen molar-refractivity contribution in [2.45, 2.75) is 19.0 Å². The number of nitrogens with zero attached hydrogens (tertiary/aromatic N) is 3. The van der Waals surface area contributed by atoms with E-state index in [0.29, 0.717) is 24.4 Å². The van der Waals surface area contributed by atoms with Gasteiger partial charge in [0.05, 0.1) is 37.1 Å². The summed E-state index contributed by atoms with van der Waals surface area (Å²) in [5.41, 5.74) is 2.22. The zero-order chi connectivity index (χ0) is 15.3. The quantitative estimate of drug-likeness (QED) is 0.848. The minimum Gasteiger partial charge on any atom is -0.495 e. The molecule has 7 heteroatoms. The molecule has 7 nitrogen and oxygen atoms in total. The first-order valence-electron chi connectivity index (χ1n) is 6.99. The van der Waals surface area contributed by atoms with Crippen LogP contribution in [0.2, 0.25) is 0 Å². The number of nitrogens with one attached hydrogen (secondary N) is 1. The number of ether oxygens (including phenoxy) is 1. The Hall–Kier alpha value is -2.83. The average molecular weight is 298 g/mol. The van der Waals surface area contributed by atoms with Gasteiger partial charge in [0.2, 0.25) is 0 Å². The van der Waals surface area contributed by atoms with Gasteiger partial charge in [-0.1, -0.05) is 12.1 Å². The van der Waals surface area contributed by atoms with E-state index in [1.54, 1.807) is 35.5 Å². The number of methoxy groups -OCH3 is 1. The van der Waals surface area contributed by atoms with Crippen molar-refractivity contribution in [1.82, 2.24) is 14.9 Å². The van der Waals surface area contributed by atoms with Crippen LogP contribution in [0.1, 0.15) is 11.4 Å². The molecule has 1 N–H and O–H groups in total. The molecule has 4 rings (SSSR count). The van der Waals surface area contributed by atoms with Crippen LogP contribution < -0.4 is 9.64 Å². The molecular weight excluding hydrogens is 284 g/mol. The second kappa shape index (κ2) is 4.59. The van der Waals surface area contributed by atoms with Crippen LogP contribution in [0.15, 0.2) is 30.6 Å². The smallest absolute Gasteiger partial charge is 0.332 e. The molecule has 22 heavy (non-hydrogen) atoms. The van der Waals surface area contributed by atoms with Crippen LogP contribution in [-0.2, 0) is 17.8 Å². The number of anilines is 1. The van der Waals surface area contributed by atoms with Crippen LogP contribution in [0.3, 0.4) is 0 Å². The molecule has 2 aliphatic rings. The van der Waals surface area contributed by atoms with Crippen molar-refractivity contribution >= 4 is 17.6 Å². The van der Waals surface area contributed by atoms with Gasteiger partial charge in [-0.2, -0.15) is 0 Å². The summed E-state index contributed by atoms with van der Waals surface area (Å²) < 4.78 is 5.27. The van der Waals surface area contributed by atoms with Gasteiger partial charge in [-0.05, 0) is 12.1 Å². The number of H-pyrrole nitrogens is 1. The Balaban J connectivity index is 1.74. The van der Waals surface area contributed by atoms with Crippen molar-refractivity contribution in [2.24, 2.45) is 0 Å². The van der Waals surface area contributed by atoms with Crippen LogP contribution in [0.25, 0.3) is 0 Å². The van der Waals surface area contributed by atoms with Crippen molar-refractivity contribution in [1.29, 1.82) is 0 Å². The van der Waals surface area contributed by atoms with Gasteiger partial charge in [-0.25, -0.2) is 14.7 Å². The van der Waals surface area contributed by atoms with Crippen molar-refractivity contribution in [3.05, 3.63) is 42.0 Å². The molecule has 0 saturated carbocycles. The number of fused-ring (bicyclic) bond motifs is 2. The lowest BCUT2D eigenvalue weighted by Crippen LogP contribution is -2.40. The number of carbonyl (C=O) groups is 2. The Kier molecular flexibility index (Phi) is 2.69. The lowest BCUT2D eigenvalue weighted by atomic mass is 10.0. The van der Waals surface area contributed by atoms with Crippen LogP contribution in [-0.4, -0.2) is 40.0 Å². The van der Waals surface area contributed by atoms with Gasteiger partial charge < -0.3 is 14.6 Å². The number of hydrogen-bond donors (Lipinski definition) is 1. The SMILES string of the molecule is COc1ccccc1N1C(=O)C2Cc3nc[nH]c3CN2C1=O. The Morgan fingerprint density at radius 1 is 1.32 bits per heavy atom. The van der Waals surface area contributed by atoms with E-state index in [2.05, 4.69) is 9.97 Å². The number of para-hydroxylation sites is 2. The number of imide groups is 1. The monoisotopic (exact) mass is 298 g/mol. The van der Waals surface area contributed by atoms with E-state index >= 15 is 0 Å². The number of imidazole rings is 1. The molecule has 1 saturated heterocycles. The second-order valence-electron chi connectivity index (χ2n) is 5.30. The number of rotatable bonds is 2. The van der Waals surface area contributed by atoms with Gasteiger partial charge >= 0.3 is 6.03 Å². The Labute approximate surface area is 126 Å². The summed E-state index contributed by atoms with van der Waals surface area (Å²) in [4.78, 5) is 35.4. The minimum atomic E-state index is -0.492. The molecule has 3 amide bonds. The van der Waals surface area contributed by atoms with Crippen molar-refractivity contribution in [2.75, 3.05) is 12.0 Å². The molecule has 1 atom stereocenters. The van der Waals surface area contributed by atoms with Crippen molar-refractivity contribution in [3.8, 4) is 5.75 Å². The summed E-state index contributed by atoms with van der Waals surface area (Å²) in [5, 5.41) is 0. The Morgan fingerprint density at radius 3 is 2.95 bits per heavy atom. The summed E-state index contributed by atoms with van der Waals surface area (Å²) in [6.07, 6.45) is 2.04. The van der Waals surface area contributed by atoms with E-state index < -0.39 is 6.04 Å². The highest BCUT2D eigenvalue weighted by molar-refractivity contribution is 6.22. The normalized spacial score (nSPS) is 20.1. The summed E-state index contributed by atoms with van der Waals surface area (Å²) in [5.74, 6) is 0.267. The largest absolute Gasteiger partial charge is 0.495 e. The molecule has 1 fully saturated rings. The molecule has 0 radical (unpaired) electrons. The molecule has 1 aromatic carbocycles. The van der Waals surface area contributed by atoms with Gasteiger partial charge in [0.15, 0.2) is 0 Å². The maximum absolute atomic E-state index is 12.7. The van der Waals surface area contributed by atoms with Gasteiger partial charge in [-0.3, -0.25) is 4.79 Å². The topological polar surface area (TPSA) is 78.5 Å². The molecule has 1 aromatic heterocycles. The van der Waals surface area contributed by atoms with E-state index in [4.69, 9.17) is 4.74 Å². The van der Waals surface area contributed by atoms with E-state index in [1.165, 1.54) is 12.0 Å². The maximum atomic E-state index is 12.7. The molecule has 2 aliphatic heterocycles. The third-order valence-electron chi connectivity index (χ3n) is 4.17. The predicted molar refractivity (Wildman–Crippen MR) is 77.5 cm³/mol. The fourth-order valence-corrected chi connectivity index (χ4v) is 3.07. The summed E-state index contributed by atoms with van der Waals surface area (Å²) >= 11 is 0. The summed E-state index contributed by atoms with van der Waals surface area (Å²) in [7, 11) is 1.52. The molecule has 0 spiro atoms. The van der Waals surface area contributed by atoms with Gasteiger partial charge in [0.25, 0.3) is 5.91 Å². The van der Waals surface area contributed by atoms with Crippen LogP contribution in [0.4, 0.5) is 10.5 Å². The van der Waals surface area contributed by atoms with Gasteiger partial charge in [-0.15, -0.1) is 0 Å². The number of hydrogen-bond acceptors (Lipinski definition) is 4. The Morgan fingerprint density at radius 2 is 2.14 bits per heavy atom. The predicted octanol–water partition coefficient (Wildman–Crippen LogP) is 1.31. The third kappa shape index (κ3) is 1.65. The summed E-state index contributed by atoms with van der Waals surface area (Å²) in [6, 6.07) is 6.21.